The molecule has 2 aliphatic rings. The predicted molar refractivity (Wildman–Crippen MR) is 115 cm³/mol. The molecule has 150 valence electrons. The molecular weight excluding hydrogens is 370 g/mol. The van der Waals surface area contributed by atoms with Crippen molar-refractivity contribution in [1.82, 2.24) is 14.8 Å². The summed E-state index contributed by atoms with van der Waals surface area (Å²) in [4.78, 5) is 20.5. The third kappa shape index (κ3) is 3.80. The average Bonchev–Trinajstić information content (AvgIpc) is 3.11. The van der Waals surface area contributed by atoms with E-state index >= 15 is 0 Å². The summed E-state index contributed by atoms with van der Waals surface area (Å²) in [6, 6.07) is 6.92. The third-order valence-corrected chi connectivity index (χ3v) is 7.40. The summed E-state index contributed by atoms with van der Waals surface area (Å²) in [7, 11) is 4.34. The number of hydrogen-bond acceptors (Lipinski definition) is 4. The number of fused-ring (bicyclic) bond motifs is 1. The Bertz CT molecular complexity index is 896. The number of amides is 1. The van der Waals surface area contributed by atoms with Crippen molar-refractivity contribution in [2.75, 3.05) is 20.6 Å². The van der Waals surface area contributed by atoms with E-state index in [1.54, 1.807) is 11.3 Å². The van der Waals surface area contributed by atoms with Crippen LogP contribution < -0.4 is 0 Å². The molecule has 1 aromatic carbocycles. The Morgan fingerprint density at radius 2 is 2.00 bits per heavy atom. The summed E-state index contributed by atoms with van der Waals surface area (Å²) < 4.78 is 1.19. The van der Waals surface area contributed by atoms with Crippen LogP contribution in [0.4, 0.5) is 4.79 Å². The van der Waals surface area contributed by atoms with Gasteiger partial charge in [-0.2, -0.15) is 0 Å². The number of rotatable bonds is 3. The van der Waals surface area contributed by atoms with E-state index in [4.69, 9.17) is 4.98 Å². The molecule has 0 spiro atoms. The maximum absolute atomic E-state index is 11.7. The summed E-state index contributed by atoms with van der Waals surface area (Å²) in [6.07, 6.45) is 6.95. The number of hydrogen-bond donors (Lipinski definition) is 1. The van der Waals surface area contributed by atoms with E-state index in [1.165, 1.54) is 40.3 Å². The fourth-order valence-corrected chi connectivity index (χ4v) is 5.60. The van der Waals surface area contributed by atoms with Gasteiger partial charge in [0.05, 0.1) is 20.9 Å². The number of carbonyl (C=O) groups is 1. The number of thiazole rings is 1. The van der Waals surface area contributed by atoms with Gasteiger partial charge in [-0.25, -0.2) is 9.78 Å². The first-order valence-corrected chi connectivity index (χ1v) is 11.0. The molecule has 6 heteroatoms. The van der Waals surface area contributed by atoms with Crippen molar-refractivity contribution in [3.05, 3.63) is 34.8 Å². The van der Waals surface area contributed by atoms with Crippen LogP contribution in [0, 0.1) is 5.92 Å². The first-order valence-electron chi connectivity index (χ1n) is 10.2. The van der Waals surface area contributed by atoms with E-state index in [0.717, 1.165) is 23.2 Å². The Labute approximate surface area is 170 Å². The molecule has 0 bridgehead atoms. The maximum atomic E-state index is 11.7. The lowest BCUT2D eigenvalue weighted by atomic mass is 9.86. The molecule has 4 rings (SSSR count). The molecule has 1 atom stereocenters. The molecule has 2 aromatic rings. The van der Waals surface area contributed by atoms with Crippen molar-refractivity contribution in [3.8, 4) is 0 Å². The molecule has 2 heterocycles. The Balaban J connectivity index is 1.58. The standard InChI is InChI=1S/C22H29N3O2S/c1-14-4-10-19(25(13-14)22(26)27)16-7-11-20-18(12-16)23-21(28-20)15-5-8-17(9-6-15)24(2)3/h7,10-12,14-15,17H,4-6,8-9,13H2,1-3H3,(H,26,27)/t14-,15?,17?/m0/s1. The van der Waals surface area contributed by atoms with E-state index in [9.17, 15) is 9.90 Å². The van der Waals surface area contributed by atoms with Crippen LogP contribution in [0.5, 0.6) is 0 Å². The Hall–Kier alpha value is -1.92. The van der Waals surface area contributed by atoms with Crippen LogP contribution in [0.2, 0.25) is 0 Å². The quantitative estimate of drug-likeness (QED) is 0.766. The van der Waals surface area contributed by atoms with Crippen molar-refractivity contribution < 1.29 is 9.90 Å². The predicted octanol–water partition coefficient (Wildman–Crippen LogP) is 5.24. The van der Waals surface area contributed by atoms with Crippen LogP contribution in [0.3, 0.4) is 0 Å². The zero-order valence-electron chi connectivity index (χ0n) is 16.9. The monoisotopic (exact) mass is 399 g/mol. The summed E-state index contributed by atoms with van der Waals surface area (Å²) >= 11 is 1.80. The fourth-order valence-electron chi connectivity index (χ4n) is 4.48. The van der Waals surface area contributed by atoms with Gasteiger partial charge in [0.1, 0.15) is 0 Å². The van der Waals surface area contributed by atoms with Gasteiger partial charge in [-0.05, 0) is 64.3 Å². The molecule has 1 N–H and O–H groups in total. The Kier molecular flexibility index (Phi) is 5.43. The van der Waals surface area contributed by atoms with Gasteiger partial charge in [0.15, 0.2) is 0 Å². The minimum atomic E-state index is -0.880. The summed E-state index contributed by atoms with van der Waals surface area (Å²) in [5.74, 6) is 0.911. The Morgan fingerprint density at radius 3 is 2.68 bits per heavy atom. The van der Waals surface area contributed by atoms with Gasteiger partial charge in [-0.3, -0.25) is 4.90 Å². The fraction of sp³-hybridized carbons (Fsp3) is 0.545. The topological polar surface area (TPSA) is 56.7 Å². The molecule has 1 aromatic heterocycles. The van der Waals surface area contributed by atoms with Gasteiger partial charge >= 0.3 is 6.09 Å². The normalized spacial score (nSPS) is 25.9. The molecular formula is C22H29N3O2S. The summed E-state index contributed by atoms with van der Waals surface area (Å²) in [6.45, 7) is 2.64. The van der Waals surface area contributed by atoms with Crippen LogP contribution in [0.1, 0.15) is 55.5 Å². The lowest BCUT2D eigenvalue weighted by Gasteiger charge is -2.31. The van der Waals surface area contributed by atoms with E-state index in [0.29, 0.717) is 24.4 Å². The van der Waals surface area contributed by atoms with Crippen molar-refractivity contribution in [3.63, 3.8) is 0 Å². The molecule has 1 fully saturated rings. The van der Waals surface area contributed by atoms with Crippen LogP contribution >= 0.6 is 11.3 Å². The van der Waals surface area contributed by atoms with E-state index < -0.39 is 6.09 Å². The lowest BCUT2D eigenvalue weighted by Crippen LogP contribution is -2.34. The van der Waals surface area contributed by atoms with E-state index in [2.05, 4.69) is 44.1 Å². The number of aromatic nitrogens is 1. The molecule has 0 unspecified atom stereocenters. The van der Waals surface area contributed by atoms with Gasteiger partial charge in [0, 0.05) is 24.1 Å². The van der Waals surface area contributed by atoms with Gasteiger partial charge in [-0.1, -0.05) is 19.1 Å². The van der Waals surface area contributed by atoms with Gasteiger partial charge in [-0.15, -0.1) is 11.3 Å². The molecule has 0 radical (unpaired) electrons. The first-order chi connectivity index (χ1) is 13.4. The average molecular weight is 400 g/mol. The van der Waals surface area contributed by atoms with Crippen LogP contribution in [0.25, 0.3) is 15.9 Å². The molecule has 1 aliphatic heterocycles. The largest absolute Gasteiger partial charge is 0.465 e. The van der Waals surface area contributed by atoms with Crippen LogP contribution in [-0.4, -0.2) is 52.7 Å². The number of benzene rings is 1. The number of allylic oxidation sites excluding steroid dienone is 1. The number of nitrogens with zero attached hydrogens (tertiary/aromatic N) is 3. The maximum Gasteiger partial charge on any atom is 0.411 e. The van der Waals surface area contributed by atoms with Gasteiger partial charge < -0.3 is 10.0 Å². The van der Waals surface area contributed by atoms with Crippen molar-refractivity contribution in [1.29, 1.82) is 0 Å². The summed E-state index contributed by atoms with van der Waals surface area (Å²) in [5, 5.41) is 10.8. The minimum Gasteiger partial charge on any atom is -0.465 e. The minimum absolute atomic E-state index is 0.353. The highest BCUT2D eigenvalue weighted by Gasteiger charge is 2.27. The second kappa shape index (κ2) is 7.84. The summed E-state index contributed by atoms with van der Waals surface area (Å²) in [5.41, 5.74) is 2.75. The SMILES string of the molecule is C[C@H]1CC=C(c2ccc3sc(C4CCC(N(C)C)CC4)nc3c2)N(C(=O)O)C1. The lowest BCUT2D eigenvalue weighted by molar-refractivity contribution is 0.159. The van der Waals surface area contributed by atoms with Crippen molar-refractivity contribution >= 4 is 33.3 Å². The number of carboxylic acid groups (broad SMARTS) is 1. The van der Waals surface area contributed by atoms with Crippen LogP contribution in [-0.2, 0) is 0 Å². The molecule has 1 saturated carbocycles. The molecule has 5 nitrogen and oxygen atoms in total. The second-order valence-corrected chi connectivity index (χ2v) is 9.59. The van der Waals surface area contributed by atoms with Gasteiger partial charge in [0.25, 0.3) is 0 Å². The molecule has 0 saturated heterocycles. The second-order valence-electron chi connectivity index (χ2n) is 8.53. The van der Waals surface area contributed by atoms with Crippen molar-refractivity contribution in [2.24, 2.45) is 5.92 Å². The third-order valence-electron chi connectivity index (χ3n) is 6.21. The molecule has 1 amide bonds. The highest BCUT2D eigenvalue weighted by atomic mass is 32.1. The highest BCUT2D eigenvalue weighted by molar-refractivity contribution is 7.18. The zero-order chi connectivity index (χ0) is 19.8. The zero-order valence-corrected chi connectivity index (χ0v) is 17.7. The van der Waals surface area contributed by atoms with Crippen LogP contribution in [0.15, 0.2) is 24.3 Å². The van der Waals surface area contributed by atoms with Gasteiger partial charge in [0.2, 0.25) is 0 Å². The molecule has 28 heavy (non-hydrogen) atoms. The Morgan fingerprint density at radius 1 is 1.25 bits per heavy atom. The highest BCUT2D eigenvalue weighted by Crippen LogP contribution is 2.39. The van der Waals surface area contributed by atoms with Crippen molar-refractivity contribution in [2.45, 2.75) is 51.0 Å². The first kappa shape index (κ1) is 19.4. The van der Waals surface area contributed by atoms with E-state index in [-0.39, 0.29) is 0 Å². The molecule has 1 aliphatic carbocycles. The van der Waals surface area contributed by atoms with E-state index in [1.807, 2.05) is 6.07 Å². The smallest absolute Gasteiger partial charge is 0.411 e.